The second-order valence-electron chi connectivity index (χ2n) is 4.02. The Balaban J connectivity index is 2.23. The third-order valence-corrected chi connectivity index (χ3v) is 2.96. The van der Waals surface area contributed by atoms with E-state index in [0.717, 1.165) is 6.42 Å². The number of nitrogens with zero attached hydrogens (tertiary/aromatic N) is 2. The minimum atomic E-state index is -4.21. The van der Waals surface area contributed by atoms with Crippen molar-refractivity contribution in [3.8, 4) is 0 Å². The van der Waals surface area contributed by atoms with Crippen molar-refractivity contribution in [2.45, 2.75) is 37.8 Å². The van der Waals surface area contributed by atoms with Crippen LogP contribution in [0.3, 0.4) is 0 Å². The van der Waals surface area contributed by atoms with E-state index in [9.17, 15) is 13.2 Å². The van der Waals surface area contributed by atoms with Crippen LogP contribution in [0.25, 0.3) is 0 Å². The predicted molar refractivity (Wildman–Crippen MR) is 49.5 cm³/mol. The molecule has 2 N–H and O–H groups in total. The number of anilines is 1. The lowest BCUT2D eigenvalue weighted by atomic mass is 9.79. The van der Waals surface area contributed by atoms with Gasteiger partial charge in [-0.15, -0.1) is 5.10 Å². The lowest BCUT2D eigenvalue weighted by Gasteiger charge is -2.30. The van der Waals surface area contributed by atoms with Crippen LogP contribution in [0.4, 0.5) is 19.2 Å². The standard InChI is InChI=1S/C9H12F3N3O/c10-9(11,12)6-4-2-1-3-5(6)7-14-15-8(13)16-7/h5-6H,1-4H2,(H2,13,15)/t5-,6+/m0/s1. The molecular weight excluding hydrogens is 223 g/mol. The third-order valence-electron chi connectivity index (χ3n) is 2.96. The molecule has 0 amide bonds. The molecule has 0 saturated heterocycles. The summed E-state index contributed by atoms with van der Waals surface area (Å²) in [6.07, 6.45) is -2.33. The zero-order chi connectivity index (χ0) is 11.8. The van der Waals surface area contributed by atoms with E-state index in [1.807, 2.05) is 0 Å². The lowest BCUT2D eigenvalue weighted by molar-refractivity contribution is -0.188. The molecule has 7 heteroatoms. The number of nitrogens with two attached hydrogens (primary N) is 1. The molecule has 1 aromatic rings. The SMILES string of the molecule is Nc1nnc([C@H]2CCCC[C@H]2C(F)(F)F)o1. The van der Waals surface area contributed by atoms with Gasteiger partial charge in [-0.1, -0.05) is 17.9 Å². The van der Waals surface area contributed by atoms with E-state index < -0.39 is 18.0 Å². The molecule has 0 bridgehead atoms. The molecule has 16 heavy (non-hydrogen) atoms. The van der Waals surface area contributed by atoms with Crippen LogP contribution in [-0.4, -0.2) is 16.4 Å². The molecule has 0 unspecified atom stereocenters. The number of halogens is 3. The zero-order valence-corrected chi connectivity index (χ0v) is 8.50. The average Bonchev–Trinajstić information content (AvgIpc) is 2.64. The van der Waals surface area contributed by atoms with Gasteiger partial charge in [0.25, 0.3) is 0 Å². The Bertz CT molecular complexity index is 363. The Morgan fingerprint density at radius 2 is 1.88 bits per heavy atom. The molecule has 1 aliphatic rings. The van der Waals surface area contributed by atoms with Gasteiger partial charge in [0.05, 0.1) is 5.92 Å². The van der Waals surface area contributed by atoms with Crippen molar-refractivity contribution in [2.24, 2.45) is 5.92 Å². The highest BCUT2D eigenvalue weighted by Crippen LogP contribution is 2.45. The van der Waals surface area contributed by atoms with Gasteiger partial charge in [-0.05, 0) is 12.8 Å². The van der Waals surface area contributed by atoms with E-state index in [0.29, 0.717) is 12.8 Å². The minimum absolute atomic E-state index is 0.0134. The summed E-state index contributed by atoms with van der Waals surface area (Å²) in [5, 5.41) is 6.96. The van der Waals surface area contributed by atoms with Crippen molar-refractivity contribution in [1.82, 2.24) is 10.2 Å². The maximum atomic E-state index is 12.8. The van der Waals surface area contributed by atoms with E-state index in [1.54, 1.807) is 0 Å². The fourth-order valence-electron chi connectivity index (χ4n) is 2.21. The van der Waals surface area contributed by atoms with Crippen molar-refractivity contribution >= 4 is 6.01 Å². The summed E-state index contributed by atoms with van der Waals surface area (Å²) < 4.78 is 43.2. The van der Waals surface area contributed by atoms with E-state index >= 15 is 0 Å². The molecule has 2 atom stereocenters. The van der Waals surface area contributed by atoms with Crippen LogP contribution in [-0.2, 0) is 0 Å². The molecular formula is C9H12F3N3O. The lowest BCUT2D eigenvalue weighted by Crippen LogP contribution is -2.31. The summed E-state index contributed by atoms with van der Waals surface area (Å²) in [6, 6.07) is -0.179. The van der Waals surface area contributed by atoms with Gasteiger partial charge >= 0.3 is 12.2 Å². The van der Waals surface area contributed by atoms with Crippen LogP contribution in [0.2, 0.25) is 0 Å². The first-order chi connectivity index (χ1) is 7.48. The Morgan fingerprint density at radius 1 is 1.19 bits per heavy atom. The quantitative estimate of drug-likeness (QED) is 0.812. The highest BCUT2D eigenvalue weighted by molar-refractivity contribution is 5.08. The first-order valence-electron chi connectivity index (χ1n) is 5.14. The van der Waals surface area contributed by atoms with Crippen LogP contribution >= 0.6 is 0 Å². The molecule has 2 rings (SSSR count). The van der Waals surface area contributed by atoms with Gasteiger partial charge in [-0.25, -0.2) is 0 Å². The average molecular weight is 235 g/mol. The molecule has 4 nitrogen and oxygen atoms in total. The number of alkyl halides is 3. The maximum absolute atomic E-state index is 12.8. The predicted octanol–water partition coefficient (Wildman–Crippen LogP) is 2.49. The van der Waals surface area contributed by atoms with Gasteiger partial charge in [0.15, 0.2) is 0 Å². The van der Waals surface area contributed by atoms with Crippen molar-refractivity contribution in [3.05, 3.63) is 5.89 Å². The van der Waals surface area contributed by atoms with Crippen molar-refractivity contribution in [1.29, 1.82) is 0 Å². The maximum Gasteiger partial charge on any atom is 0.392 e. The van der Waals surface area contributed by atoms with Gasteiger partial charge in [0, 0.05) is 5.92 Å². The van der Waals surface area contributed by atoms with E-state index in [2.05, 4.69) is 10.2 Å². The molecule has 0 aromatic carbocycles. The topological polar surface area (TPSA) is 64.9 Å². The van der Waals surface area contributed by atoms with E-state index in [-0.39, 0.29) is 18.3 Å². The second kappa shape index (κ2) is 3.95. The smallest absolute Gasteiger partial charge is 0.392 e. The molecule has 1 fully saturated rings. The second-order valence-corrected chi connectivity index (χ2v) is 4.02. The third kappa shape index (κ3) is 2.12. The Hall–Kier alpha value is -1.27. The number of rotatable bonds is 1. The summed E-state index contributed by atoms with van der Waals surface area (Å²) in [6.45, 7) is 0. The molecule has 1 saturated carbocycles. The molecule has 0 radical (unpaired) electrons. The first-order valence-corrected chi connectivity index (χ1v) is 5.14. The van der Waals surface area contributed by atoms with Gasteiger partial charge < -0.3 is 10.2 Å². The van der Waals surface area contributed by atoms with Gasteiger partial charge in [-0.2, -0.15) is 13.2 Å². The Morgan fingerprint density at radius 3 is 2.44 bits per heavy atom. The Labute approximate surface area is 90.0 Å². The van der Waals surface area contributed by atoms with E-state index in [1.165, 1.54) is 0 Å². The van der Waals surface area contributed by atoms with E-state index in [4.69, 9.17) is 10.2 Å². The highest BCUT2D eigenvalue weighted by Gasteiger charge is 2.47. The number of hydrogen-bond acceptors (Lipinski definition) is 4. The van der Waals surface area contributed by atoms with Crippen molar-refractivity contribution in [3.63, 3.8) is 0 Å². The fourth-order valence-corrected chi connectivity index (χ4v) is 2.21. The summed E-state index contributed by atoms with van der Waals surface area (Å²) in [4.78, 5) is 0. The zero-order valence-electron chi connectivity index (χ0n) is 8.50. The summed E-state index contributed by atoms with van der Waals surface area (Å²) in [7, 11) is 0. The summed E-state index contributed by atoms with van der Waals surface area (Å²) >= 11 is 0. The van der Waals surface area contributed by atoms with Gasteiger partial charge in [0.2, 0.25) is 5.89 Å². The van der Waals surface area contributed by atoms with Crippen molar-refractivity contribution < 1.29 is 17.6 Å². The normalized spacial score (nSPS) is 26.9. The monoisotopic (exact) mass is 235 g/mol. The van der Waals surface area contributed by atoms with Crippen LogP contribution < -0.4 is 5.73 Å². The van der Waals surface area contributed by atoms with Crippen LogP contribution in [0.15, 0.2) is 4.42 Å². The van der Waals surface area contributed by atoms with Crippen molar-refractivity contribution in [2.75, 3.05) is 5.73 Å². The number of nitrogen functional groups attached to an aromatic ring is 1. The van der Waals surface area contributed by atoms with Crippen LogP contribution in [0, 0.1) is 5.92 Å². The number of hydrogen-bond donors (Lipinski definition) is 1. The van der Waals surface area contributed by atoms with Gasteiger partial charge in [0.1, 0.15) is 0 Å². The summed E-state index contributed by atoms with van der Waals surface area (Å²) in [5.41, 5.74) is 5.22. The molecule has 1 heterocycles. The van der Waals surface area contributed by atoms with Crippen LogP contribution in [0.1, 0.15) is 37.5 Å². The summed E-state index contributed by atoms with van der Waals surface area (Å²) in [5.74, 6) is -2.11. The van der Waals surface area contributed by atoms with Gasteiger partial charge in [-0.3, -0.25) is 0 Å². The number of aromatic nitrogens is 2. The molecule has 1 aromatic heterocycles. The molecule has 0 aliphatic heterocycles. The molecule has 0 spiro atoms. The molecule has 90 valence electrons. The first kappa shape index (κ1) is 11.2. The van der Waals surface area contributed by atoms with Crippen LogP contribution in [0.5, 0.6) is 0 Å². The largest absolute Gasteiger partial charge is 0.408 e. The fraction of sp³-hybridized carbons (Fsp3) is 0.778. The minimum Gasteiger partial charge on any atom is -0.408 e. The molecule has 1 aliphatic carbocycles. The Kier molecular flexibility index (Phi) is 2.77. The highest BCUT2D eigenvalue weighted by atomic mass is 19.4.